The van der Waals surface area contributed by atoms with Crippen LogP contribution in [0.2, 0.25) is 0 Å². The topological polar surface area (TPSA) is 173 Å². The molecule has 190 valence electrons. The smallest absolute Gasteiger partial charge is 0.326 e. The maximum atomic E-state index is 15.0. The van der Waals surface area contributed by atoms with Gasteiger partial charge >= 0.3 is 11.9 Å². The molecular formula is C24H25FN4O7. The number of aryl methyl sites for hydroxylation is 1. The third kappa shape index (κ3) is 6.42. The van der Waals surface area contributed by atoms with E-state index in [9.17, 15) is 29.4 Å². The number of aliphatic hydroxyl groups excluding tert-OH is 1. The number of rotatable bonds is 11. The molecule has 0 aliphatic carbocycles. The molecule has 2 aromatic carbocycles. The van der Waals surface area contributed by atoms with Crippen LogP contribution in [0.15, 0.2) is 41.2 Å². The minimum absolute atomic E-state index is 0.0548. The molecule has 1 atom stereocenters. The number of aromatic nitrogens is 2. The van der Waals surface area contributed by atoms with Gasteiger partial charge in [0.2, 0.25) is 0 Å². The fourth-order valence-corrected chi connectivity index (χ4v) is 3.70. The van der Waals surface area contributed by atoms with Crippen molar-refractivity contribution in [1.82, 2.24) is 15.3 Å². The van der Waals surface area contributed by atoms with Crippen molar-refractivity contribution in [2.24, 2.45) is 0 Å². The molecule has 36 heavy (non-hydrogen) atoms. The molecule has 0 aliphatic rings. The summed E-state index contributed by atoms with van der Waals surface area (Å²) in [4.78, 5) is 55.2. The molecule has 0 unspecified atom stereocenters. The predicted octanol–water partition coefficient (Wildman–Crippen LogP) is 1.42. The van der Waals surface area contributed by atoms with Crippen molar-refractivity contribution in [3.63, 3.8) is 0 Å². The van der Waals surface area contributed by atoms with Gasteiger partial charge in [0.1, 0.15) is 17.7 Å². The Balaban J connectivity index is 1.82. The first-order valence-electron chi connectivity index (χ1n) is 11.0. The molecule has 12 heteroatoms. The molecule has 0 radical (unpaired) electrons. The minimum atomic E-state index is -1.45. The van der Waals surface area contributed by atoms with Gasteiger partial charge in [0.25, 0.3) is 11.5 Å². The van der Waals surface area contributed by atoms with E-state index in [0.29, 0.717) is 22.3 Å². The monoisotopic (exact) mass is 500 g/mol. The highest BCUT2D eigenvalue weighted by atomic mass is 19.1. The second-order valence-corrected chi connectivity index (χ2v) is 8.11. The van der Waals surface area contributed by atoms with Crippen LogP contribution in [0.25, 0.3) is 10.9 Å². The highest BCUT2D eigenvalue weighted by Gasteiger charge is 2.23. The van der Waals surface area contributed by atoms with Gasteiger partial charge in [-0.25, -0.2) is 14.2 Å². The van der Waals surface area contributed by atoms with Crippen LogP contribution in [-0.4, -0.2) is 62.3 Å². The zero-order chi connectivity index (χ0) is 26.4. The van der Waals surface area contributed by atoms with Crippen LogP contribution in [0.5, 0.6) is 0 Å². The number of nitrogens with one attached hydrogen (secondary N) is 2. The number of carboxylic acid groups (broad SMARTS) is 2. The van der Waals surface area contributed by atoms with Crippen molar-refractivity contribution >= 4 is 34.4 Å². The largest absolute Gasteiger partial charge is 0.481 e. The van der Waals surface area contributed by atoms with Crippen molar-refractivity contribution in [1.29, 1.82) is 0 Å². The molecule has 0 saturated heterocycles. The van der Waals surface area contributed by atoms with Gasteiger partial charge in [-0.15, -0.1) is 0 Å². The zero-order valence-corrected chi connectivity index (χ0v) is 19.3. The first-order valence-corrected chi connectivity index (χ1v) is 11.0. The second kappa shape index (κ2) is 11.4. The Morgan fingerprint density at radius 1 is 1.17 bits per heavy atom. The lowest BCUT2D eigenvalue weighted by atomic mass is 10.1. The molecule has 0 bridgehead atoms. The van der Waals surface area contributed by atoms with Gasteiger partial charge in [0.15, 0.2) is 0 Å². The van der Waals surface area contributed by atoms with Gasteiger partial charge in [-0.1, -0.05) is 6.07 Å². The lowest BCUT2D eigenvalue weighted by Gasteiger charge is -2.25. The molecule has 1 aromatic heterocycles. The van der Waals surface area contributed by atoms with E-state index in [1.54, 1.807) is 25.1 Å². The number of fused-ring (bicyclic) bond motifs is 1. The number of hydrogen-bond acceptors (Lipinski definition) is 7. The van der Waals surface area contributed by atoms with Crippen LogP contribution in [-0.2, 0) is 16.1 Å². The quantitative estimate of drug-likeness (QED) is 0.261. The van der Waals surface area contributed by atoms with Crippen molar-refractivity contribution in [3.8, 4) is 0 Å². The van der Waals surface area contributed by atoms with Crippen LogP contribution in [0, 0.1) is 12.7 Å². The number of hydrogen-bond donors (Lipinski definition) is 5. The highest BCUT2D eigenvalue weighted by molar-refractivity contribution is 5.97. The molecule has 1 amide bonds. The molecule has 5 N–H and O–H groups in total. The number of benzene rings is 2. The lowest BCUT2D eigenvalue weighted by molar-refractivity contribution is -0.140. The molecular weight excluding hydrogens is 475 g/mol. The first kappa shape index (κ1) is 26.3. The fraction of sp³-hybridized carbons (Fsp3) is 0.292. The molecule has 3 aromatic rings. The standard InChI is InChI=1S/C24H25FN4O7/c1-13-26-18-4-2-14(10-16(18)23(34)27-13)12-29(8-9-30)20-6-3-15(11-17(20)25)22(33)28-19(24(35)36)5-7-21(31)32/h2-4,6,10-11,19,30H,5,7-9,12H2,1H3,(H,28,33)(H,31,32)(H,35,36)(H,26,27,34)/t19-/m0/s1. The maximum Gasteiger partial charge on any atom is 0.326 e. The minimum Gasteiger partial charge on any atom is -0.481 e. The number of aliphatic hydroxyl groups is 1. The third-order valence-electron chi connectivity index (χ3n) is 5.43. The number of anilines is 1. The normalized spacial score (nSPS) is 11.8. The molecule has 0 spiro atoms. The van der Waals surface area contributed by atoms with Crippen molar-refractivity contribution in [2.45, 2.75) is 32.4 Å². The van der Waals surface area contributed by atoms with E-state index in [4.69, 9.17) is 5.11 Å². The Bertz CT molecular complexity index is 1360. The molecule has 0 fully saturated rings. The van der Waals surface area contributed by atoms with Gasteiger partial charge in [-0.2, -0.15) is 0 Å². The average molecular weight is 500 g/mol. The maximum absolute atomic E-state index is 15.0. The van der Waals surface area contributed by atoms with Crippen LogP contribution in [0.4, 0.5) is 10.1 Å². The SMILES string of the molecule is Cc1nc2ccc(CN(CCO)c3ccc(C(=O)N[C@@H](CCC(=O)O)C(=O)O)cc3F)cc2c(=O)[nH]1. The van der Waals surface area contributed by atoms with Crippen LogP contribution in [0.3, 0.4) is 0 Å². The van der Waals surface area contributed by atoms with E-state index >= 15 is 4.39 Å². The van der Waals surface area contributed by atoms with E-state index in [1.807, 2.05) is 0 Å². The Hall–Kier alpha value is -4.32. The summed E-state index contributed by atoms with van der Waals surface area (Å²) in [7, 11) is 0. The van der Waals surface area contributed by atoms with Crippen molar-refractivity contribution in [2.75, 3.05) is 18.1 Å². The average Bonchev–Trinajstić information content (AvgIpc) is 2.81. The van der Waals surface area contributed by atoms with Gasteiger partial charge in [0, 0.05) is 25.1 Å². The van der Waals surface area contributed by atoms with Crippen LogP contribution in [0.1, 0.15) is 34.6 Å². The summed E-state index contributed by atoms with van der Waals surface area (Å²) in [5, 5.41) is 30.0. The second-order valence-electron chi connectivity index (χ2n) is 8.11. The predicted molar refractivity (Wildman–Crippen MR) is 127 cm³/mol. The number of aliphatic carboxylic acids is 2. The van der Waals surface area contributed by atoms with Gasteiger partial charge in [0.05, 0.1) is 23.2 Å². The first-order chi connectivity index (χ1) is 17.1. The van der Waals surface area contributed by atoms with Crippen LogP contribution >= 0.6 is 0 Å². The Morgan fingerprint density at radius 2 is 1.92 bits per heavy atom. The molecule has 0 saturated carbocycles. The summed E-state index contributed by atoms with van der Waals surface area (Å²) in [5.74, 6) is -3.80. The van der Waals surface area contributed by atoms with Crippen LogP contribution < -0.4 is 15.8 Å². The van der Waals surface area contributed by atoms with E-state index in [1.165, 1.54) is 17.0 Å². The number of carbonyl (C=O) groups excluding carboxylic acids is 1. The molecule has 0 aliphatic heterocycles. The van der Waals surface area contributed by atoms with E-state index in [2.05, 4.69) is 15.3 Å². The van der Waals surface area contributed by atoms with Gasteiger partial charge < -0.3 is 30.5 Å². The lowest BCUT2D eigenvalue weighted by Crippen LogP contribution is -2.41. The van der Waals surface area contributed by atoms with E-state index < -0.39 is 36.1 Å². The number of halogens is 1. The third-order valence-corrected chi connectivity index (χ3v) is 5.43. The molecule has 1 heterocycles. The van der Waals surface area contributed by atoms with Crippen molar-refractivity contribution in [3.05, 3.63) is 69.5 Å². The summed E-state index contributed by atoms with van der Waals surface area (Å²) in [6.07, 6.45) is -0.790. The van der Waals surface area contributed by atoms with Gasteiger partial charge in [-0.05, 0) is 49.2 Å². The van der Waals surface area contributed by atoms with E-state index in [0.717, 1.165) is 6.07 Å². The summed E-state index contributed by atoms with van der Waals surface area (Å²) < 4.78 is 15.0. The molecule has 11 nitrogen and oxygen atoms in total. The van der Waals surface area contributed by atoms with Gasteiger partial charge in [-0.3, -0.25) is 14.4 Å². The Kier molecular flexibility index (Phi) is 8.33. The Morgan fingerprint density at radius 3 is 2.56 bits per heavy atom. The zero-order valence-electron chi connectivity index (χ0n) is 19.3. The van der Waals surface area contributed by atoms with Crippen molar-refractivity contribution < 1.29 is 34.1 Å². The Labute approximate surface area is 204 Å². The van der Waals surface area contributed by atoms with E-state index in [-0.39, 0.29) is 42.9 Å². The number of aromatic amines is 1. The molecule has 3 rings (SSSR count). The fourth-order valence-electron chi connectivity index (χ4n) is 3.70. The number of carbonyl (C=O) groups is 3. The summed E-state index contributed by atoms with van der Waals surface area (Å²) >= 11 is 0. The summed E-state index contributed by atoms with van der Waals surface area (Å²) in [6, 6.07) is 7.16. The summed E-state index contributed by atoms with van der Waals surface area (Å²) in [5.41, 5.74) is 0.796. The number of H-pyrrole nitrogens is 1. The number of amides is 1. The highest BCUT2D eigenvalue weighted by Crippen LogP contribution is 2.23. The summed E-state index contributed by atoms with van der Waals surface area (Å²) in [6.45, 7) is 1.57. The number of nitrogens with zero attached hydrogens (tertiary/aromatic N) is 2. The number of carboxylic acids is 2.